The molecule has 1 aromatic heterocycles. The fourth-order valence-electron chi connectivity index (χ4n) is 1.20. The van der Waals surface area contributed by atoms with Crippen molar-refractivity contribution in [1.29, 1.82) is 0 Å². The predicted molar refractivity (Wildman–Crippen MR) is 57.1 cm³/mol. The standard InChI is InChI=1S/C10H9FN2S/c1-12-7-2-3-9(11)8(6-7)10-13-4-5-14-10/h2-6,12H,1H3. The third kappa shape index (κ3) is 1.61. The number of hydrogen-bond donors (Lipinski definition) is 1. The fourth-order valence-corrected chi connectivity index (χ4v) is 1.86. The second-order valence-electron chi connectivity index (χ2n) is 2.78. The predicted octanol–water partition coefficient (Wildman–Crippen LogP) is 2.99. The lowest BCUT2D eigenvalue weighted by Crippen LogP contribution is -1.90. The van der Waals surface area contributed by atoms with Crippen LogP contribution in [0.5, 0.6) is 0 Å². The zero-order chi connectivity index (χ0) is 9.97. The van der Waals surface area contributed by atoms with Gasteiger partial charge in [-0.25, -0.2) is 9.37 Å². The maximum Gasteiger partial charge on any atom is 0.133 e. The van der Waals surface area contributed by atoms with Gasteiger partial charge in [0.2, 0.25) is 0 Å². The molecule has 2 nitrogen and oxygen atoms in total. The number of aromatic nitrogens is 1. The first-order chi connectivity index (χ1) is 6.81. The summed E-state index contributed by atoms with van der Waals surface area (Å²) in [6.45, 7) is 0. The molecule has 0 bridgehead atoms. The SMILES string of the molecule is CNc1ccc(F)c(-c2nccs2)c1. The van der Waals surface area contributed by atoms with E-state index in [1.54, 1.807) is 25.4 Å². The summed E-state index contributed by atoms with van der Waals surface area (Å²) >= 11 is 1.43. The maximum atomic E-state index is 13.4. The van der Waals surface area contributed by atoms with Crippen LogP contribution in [0.1, 0.15) is 0 Å². The fraction of sp³-hybridized carbons (Fsp3) is 0.100. The first-order valence-corrected chi connectivity index (χ1v) is 5.06. The molecule has 0 aliphatic rings. The van der Waals surface area contributed by atoms with E-state index in [-0.39, 0.29) is 5.82 Å². The largest absolute Gasteiger partial charge is 0.388 e. The van der Waals surface area contributed by atoms with Crippen LogP contribution >= 0.6 is 11.3 Å². The van der Waals surface area contributed by atoms with Crippen molar-refractivity contribution >= 4 is 17.0 Å². The molecular weight excluding hydrogens is 199 g/mol. The molecule has 2 rings (SSSR count). The van der Waals surface area contributed by atoms with Crippen molar-refractivity contribution in [2.75, 3.05) is 12.4 Å². The molecule has 0 saturated heterocycles. The highest BCUT2D eigenvalue weighted by Crippen LogP contribution is 2.27. The van der Waals surface area contributed by atoms with Gasteiger partial charge >= 0.3 is 0 Å². The molecule has 14 heavy (non-hydrogen) atoms. The Hall–Kier alpha value is -1.42. The van der Waals surface area contributed by atoms with Crippen LogP contribution in [0.4, 0.5) is 10.1 Å². The van der Waals surface area contributed by atoms with Crippen molar-refractivity contribution in [2.45, 2.75) is 0 Å². The van der Waals surface area contributed by atoms with E-state index in [4.69, 9.17) is 0 Å². The minimum atomic E-state index is -0.237. The molecule has 0 aliphatic carbocycles. The number of thiazole rings is 1. The highest BCUT2D eigenvalue weighted by molar-refractivity contribution is 7.13. The molecule has 4 heteroatoms. The summed E-state index contributed by atoms with van der Waals surface area (Å²) in [6.07, 6.45) is 1.67. The van der Waals surface area contributed by atoms with Crippen molar-refractivity contribution in [1.82, 2.24) is 4.98 Å². The zero-order valence-corrected chi connectivity index (χ0v) is 8.44. The van der Waals surface area contributed by atoms with Crippen LogP contribution in [0, 0.1) is 5.82 Å². The molecule has 0 spiro atoms. The molecule has 0 fully saturated rings. The first kappa shape index (κ1) is 9.15. The van der Waals surface area contributed by atoms with Crippen LogP contribution in [0.25, 0.3) is 10.6 Å². The van der Waals surface area contributed by atoms with E-state index in [9.17, 15) is 4.39 Å². The highest BCUT2D eigenvalue weighted by atomic mass is 32.1. The van der Waals surface area contributed by atoms with E-state index < -0.39 is 0 Å². The smallest absolute Gasteiger partial charge is 0.133 e. The van der Waals surface area contributed by atoms with Gasteiger partial charge in [-0.05, 0) is 18.2 Å². The molecule has 72 valence electrons. The molecule has 0 aliphatic heterocycles. The topological polar surface area (TPSA) is 24.9 Å². The lowest BCUT2D eigenvalue weighted by atomic mass is 10.2. The van der Waals surface area contributed by atoms with E-state index in [0.717, 1.165) is 5.69 Å². The van der Waals surface area contributed by atoms with Crippen molar-refractivity contribution in [2.24, 2.45) is 0 Å². The van der Waals surface area contributed by atoms with Gasteiger partial charge in [0.1, 0.15) is 10.8 Å². The minimum absolute atomic E-state index is 0.237. The highest BCUT2D eigenvalue weighted by Gasteiger charge is 2.07. The lowest BCUT2D eigenvalue weighted by Gasteiger charge is -2.03. The normalized spacial score (nSPS) is 10.1. The number of hydrogen-bond acceptors (Lipinski definition) is 3. The summed E-state index contributed by atoms with van der Waals surface area (Å²) in [4.78, 5) is 4.07. The van der Waals surface area contributed by atoms with Gasteiger partial charge in [-0.1, -0.05) is 0 Å². The number of anilines is 1. The van der Waals surface area contributed by atoms with Crippen LogP contribution in [-0.2, 0) is 0 Å². The van der Waals surface area contributed by atoms with Gasteiger partial charge < -0.3 is 5.32 Å². The van der Waals surface area contributed by atoms with Crippen molar-refractivity contribution < 1.29 is 4.39 Å². The van der Waals surface area contributed by atoms with Crippen LogP contribution in [-0.4, -0.2) is 12.0 Å². The molecular formula is C10H9FN2S. The van der Waals surface area contributed by atoms with E-state index >= 15 is 0 Å². The van der Waals surface area contributed by atoms with Gasteiger partial charge in [0, 0.05) is 29.9 Å². The van der Waals surface area contributed by atoms with Crippen molar-refractivity contribution in [3.63, 3.8) is 0 Å². The number of halogens is 1. The van der Waals surface area contributed by atoms with E-state index in [1.807, 2.05) is 5.38 Å². The second-order valence-corrected chi connectivity index (χ2v) is 3.68. The van der Waals surface area contributed by atoms with Gasteiger partial charge in [-0.15, -0.1) is 11.3 Å². The Morgan fingerprint density at radius 2 is 2.29 bits per heavy atom. The number of rotatable bonds is 2. The Labute approximate surface area is 85.4 Å². The Balaban J connectivity index is 2.51. The molecule has 1 aromatic carbocycles. The molecule has 0 unspecified atom stereocenters. The summed E-state index contributed by atoms with van der Waals surface area (Å²) in [5.74, 6) is -0.237. The van der Waals surface area contributed by atoms with Crippen LogP contribution in [0.3, 0.4) is 0 Å². The van der Waals surface area contributed by atoms with E-state index in [0.29, 0.717) is 10.6 Å². The molecule has 1 heterocycles. The third-order valence-corrected chi connectivity index (χ3v) is 2.72. The van der Waals surface area contributed by atoms with E-state index in [1.165, 1.54) is 17.4 Å². The number of benzene rings is 1. The quantitative estimate of drug-likeness (QED) is 0.820. The van der Waals surface area contributed by atoms with Gasteiger partial charge in [0.15, 0.2) is 0 Å². The molecule has 2 aromatic rings. The van der Waals surface area contributed by atoms with Crippen LogP contribution in [0.2, 0.25) is 0 Å². The molecule has 0 radical (unpaired) electrons. The Kier molecular flexibility index (Phi) is 2.45. The summed E-state index contributed by atoms with van der Waals surface area (Å²) in [5.41, 5.74) is 1.43. The molecule has 1 N–H and O–H groups in total. The minimum Gasteiger partial charge on any atom is -0.388 e. The number of nitrogens with zero attached hydrogens (tertiary/aromatic N) is 1. The Morgan fingerprint density at radius 1 is 1.43 bits per heavy atom. The summed E-state index contributed by atoms with van der Waals surface area (Å²) in [5, 5.41) is 5.51. The molecule has 0 atom stereocenters. The number of nitrogens with one attached hydrogen (secondary N) is 1. The second kappa shape index (κ2) is 3.75. The average molecular weight is 208 g/mol. The Bertz CT molecular complexity index is 426. The summed E-state index contributed by atoms with van der Waals surface area (Å²) in [6, 6.07) is 4.91. The van der Waals surface area contributed by atoms with Crippen LogP contribution < -0.4 is 5.32 Å². The monoisotopic (exact) mass is 208 g/mol. The maximum absolute atomic E-state index is 13.4. The molecule has 0 amide bonds. The van der Waals surface area contributed by atoms with Crippen molar-refractivity contribution in [3.05, 3.63) is 35.6 Å². The first-order valence-electron chi connectivity index (χ1n) is 4.18. The van der Waals surface area contributed by atoms with Gasteiger partial charge in [-0.3, -0.25) is 0 Å². The zero-order valence-electron chi connectivity index (χ0n) is 7.62. The van der Waals surface area contributed by atoms with Gasteiger partial charge in [-0.2, -0.15) is 0 Å². The summed E-state index contributed by atoms with van der Waals surface area (Å²) < 4.78 is 13.4. The average Bonchev–Trinajstić information content (AvgIpc) is 2.71. The van der Waals surface area contributed by atoms with E-state index in [2.05, 4.69) is 10.3 Å². The lowest BCUT2D eigenvalue weighted by molar-refractivity contribution is 0.631. The Morgan fingerprint density at radius 3 is 2.93 bits per heavy atom. The van der Waals surface area contributed by atoms with Crippen LogP contribution in [0.15, 0.2) is 29.8 Å². The van der Waals surface area contributed by atoms with Gasteiger partial charge in [0.25, 0.3) is 0 Å². The summed E-state index contributed by atoms with van der Waals surface area (Å²) in [7, 11) is 1.80. The molecule has 0 saturated carbocycles. The van der Waals surface area contributed by atoms with Gasteiger partial charge in [0.05, 0.1) is 0 Å². The third-order valence-electron chi connectivity index (χ3n) is 1.92. The van der Waals surface area contributed by atoms with Crippen molar-refractivity contribution in [3.8, 4) is 10.6 Å².